The summed E-state index contributed by atoms with van der Waals surface area (Å²) in [4.78, 5) is 24.3. The van der Waals surface area contributed by atoms with Crippen LogP contribution in [0.1, 0.15) is 57.3 Å². The third kappa shape index (κ3) is 2.68. The Labute approximate surface area is 146 Å². The first-order chi connectivity index (χ1) is 11.6. The first kappa shape index (κ1) is 17.7. The number of hydrogen-bond donors (Lipinski definition) is 2. The third-order valence-corrected chi connectivity index (χ3v) is 5.73. The topological polar surface area (TPSA) is 93.1 Å². The van der Waals surface area contributed by atoms with Crippen LogP contribution in [0.3, 0.4) is 0 Å². The van der Waals surface area contributed by atoms with Crippen molar-refractivity contribution in [1.82, 2.24) is 0 Å². The number of phenolic OH excluding ortho intramolecular Hbond substituents is 2. The normalized spacial score (nSPS) is 28.9. The van der Waals surface area contributed by atoms with Gasteiger partial charge in [0.1, 0.15) is 17.3 Å². The number of carbonyl (C=O) groups excluding carboxylic acids is 2. The Morgan fingerprint density at radius 1 is 1.32 bits per heavy atom. The summed E-state index contributed by atoms with van der Waals surface area (Å²) in [6.45, 7) is 5.19. The van der Waals surface area contributed by atoms with E-state index in [1.165, 1.54) is 19.2 Å². The molecular formula is C19H24O6. The lowest BCUT2D eigenvalue weighted by Gasteiger charge is -2.51. The number of rotatable bonds is 3. The minimum atomic E-state index is -1.03. The molecule has 1 saturated carbocycles. The molecule has 1 aliphatic heterocycles. The van der Waals surface area contributed by atoms with Crippen LogP contribution in [0.15, 0.2) is 12.1 Å². The predicted octanol–water partition coefficient (Wildman–Crippen LogP) is 2.75. The Kier molecular flexibility index (Phi) is 4.06. The number of benzene rings is 1. The Morgan fingerprint density at radius 2 is 1.92 bits per heavy atom. The molecule has 1 unspecified atom stereocenters. The van der Waals surface area contributed by atoms with Crippen LogP contribution in [-0.4, -0.2) is 34.7 Å². The van der Waals surface area contributed by atoms with Crippen molar-refractivity contribution in [2.45, 2.75) is 57.2 Å². The zero-order chi connectivity index (χ0) is 18.6. The summed E-state index contributed by atoms with van der Waals surface area (Å²) in [6.07, 6.45) is 1.05. The Bertz CT molecular complexity index is 714. The fourth-order valence-corrected chi connectivity index (χ4v) is 3.88. The summed E-state index contributed by atoms with van der Waals surface area (Å²) in [5.74, 6) is -0.849. The highest BCUT2D eigenvalue weighted by atomic mass is 16.5. The minimum absolute atomic E-state index is 0.0921. The number of Topliss-reactive ketones (excluding diaryl/α,β-unsaturated/α-hetero) is 1. The smallest absolute Gasteiger partial charge is 0.315 e. The molecule has 3 atom stereocenters. The monoisotopic (exact) mass is 348 g/mol. The van der Waals surface area contributed by atoms with E-state index >= 15 is 0 Å². The van der Waals surface area contributed by atoms with E-state index in [1.54, 1.807) is 13.8 Å². The molecule has 1 aliphatic carbocycles. The van der Waals surface area contributed by atoms with Crippen LogP contribution >= 0.6 is 0 Å². The summed E-state index contributed by atoms with van der Waals surface area (Å²) >= 11 is 0. The lowest BCUT2D eigenvalue weighted by molar-refractivity contribution is -0.202. The van der Waals surface area contributed by atoms with Crippen LogP contribution in [0.4, 0.5) is 0 Å². The van der Waals surface area contributed by atoms with Gasteiger partial charge in [-0.1, -0.05) is 0 Å². The first-order valence-corrected chi connectivity index (χ1v) is 8.45. The molecular weight excluding hydrogens is 324 g/mol. The fraction of sp³-hybridized carbons (Fsp3) is 0.579. The summed E-state index contributed by atoms with van der Waals surface area (Å²) in [6, 6.07) is 2.85. The SMILES string of the molecule is COC(=O)C(C)(C)c1cc(O)c([C@@H]2CC(=O)C3CC[C@@]3(C)O2)c(O)c1. The van der Waals surface area contributed by atoms with E-state index in [1.807, 2.05) is 6.92 Å². The number of ether oxygens (including phenoxy) is 2. The van der Waals surface area contributed by atoms with Gasteiger partial charge in [0.05, 0.1) is 29.8 Å². The van der Waals surface area contributed by atoms with E-state index in [9.17, 15) is 19.8 Å². The van der Waals surface area contributed by atoms with Crippen molar-refractivity contribution >= 4 is 11.8 Å². The number of aromatic hydroxyl groups is 2. The van der Waals surface area contributed by atoms with Crippen LogP contribution in [0, 0.1) is 5.92 Å². The molecule has 0 spiro atoms. The number of fused-ring (bicyclic) bond motifs is 1. The number of methoxy groups -OCH3 is 1. The summed E-state index contributed by atoms with van der Waals surface area (Å²) in [5.41, 5.74) is -0.934. The molecule has 6 nitrogen and oxygen atoms in total. The van der Waals surface area contributed by atoms with E-state index in [-0.39, 0.29) is 35.2 Å². The molecule has 136 valence electrons. The number of hydrogen-bond acceptors (Lipinski definition) is 6. The Balaban J connectivity index is 1.96. The van der Waals surface area contributed by atoms with Crippen LogP contribution < -0.4 is 0 Å². The molecule has 25 heavy (non-hydrogen) atoms. The molecule has 2 aliphatic rings. The largest absolute Gasteiger partial charge is 0.507 e. The zero-order valence-corrected chi connectivity index (χ0v) is 15.0. The third-order valence-electron chi connectivity index (χ3n) is 5.73. The van der Waals surface area contributed by atoms with Gasteiger partial charge in [-0.15, -0.1) is 0 Å². The molecule has 0 aromatic heterocycles. The second kappa shape index (κ2) is 5.73. The maximum absolute atomic E-state index is 12.3. The van der Waals surface area contributed by atoms with Crippen LogP contribution in [0.5, 0.6) is 11.5 Å². The van der Waals surface area contributed by atoms with Crippen molar-refractivity contribution in [3.8, 4) is 11.5 Å². The Hall–Kier alpha value is -2.08. The second-order valence-electron chi connectivity index (χ2n) is 7.73. The summed E-state index contributed by atoms with van der Waals surface area (Å²) < 4.78 is 10.8. The van der Waals surface area contributed by atoms with Crippen molar-refractivity contribution in [3.63, 3.8) is 0 Å². The highest BCUT2D eigenvalue weighted by molar-refractivity contribution is 5.85. The standard InChI is InChI=1S/C19H24O6/c1-18(2,17(23)24-4)10-7-13(21)16(14(22)8-10)15-9-12(20)11-5-6-19(11,3)25-15/h7-8,11,15,21-22H,5-6,9H2,1-4H3/t11?,15-,19+/m0/s1. The summed E-state index contributed by atoms with van der Waals surface area (Å²) in [7, 11) is 1.29. The predicted molar refractivity (Wildman–Crippen MR) is 89.4 cm³/mol. The first-order valence-electron chi connectivity index (χ1n) is 8.45. The average molecular weight is 348 g/mol. The zero-order valence-electron chi connectivity index (χ0n) is 15.0. The maximum atomic E-state index is 12.3. The fourth-order valence-electron chi connectivity index (χ4n) is 3.88. The molecule has 0 amide bonds. The van der Waals surface area contributed by atoms with Gasteiger partial charge in [0, 0.05) is 12.3 Å². The van der Waals surface area contributed by atoms with Crippen LogP contribution in [0.2, 0.25) is 0 Å². The molecule has 2 fully saturated rings. The van der Waals surface area contributed by atoms with Gasteiger partial charge in [0.25, 0.3) is 0 Å². The lowest BCUT2D eigenvalue weighted by atomic mass is 9.65. The van der Waals surface area contributed by atoms with E-state index in [4.69, 9.17) is 9.47 Å². The van der Waals surface area contributed by atoms with E-state index in [0.29, 0.717) is 5.56 Å². The molecule has 3 rings (SSSR count). The summed E-state index contributed by atoms with van der Waals surface area (Å²) in [5, 5.41) is 21.0. The van der Waals surface area contributed by atoms with E-state index in [0.717, 1.165) is 12.8 Å². The maximum Gasteiger partial charge on any atom is 0.315 e. The number of phenols is 2. The molecule has 1 saturated heterocycles. The van der Waals surface area contributed by atoms with Gasteiger partial charge in [0.15, 0.2) is 0 Å². The van der Waals surface area contributed by atoms with Crippen molar-refractivity contribution in [1.29, 1.82) is 0 Å². The molecule has 0 bridgehead atoms. The van der Waals surface area contributed by atoms with Gasteiger partial charge in [-0.25, -0.2) is 0 Å². The molecule has 0 radical (unpaired) electrons. The van der Waals surface area contributed by atoms with Crippen molar-refractivity contribution in [2.24, 2.45) is 5.92 Å². The van der Waals surface area contributed by atoms with Crippen LogP contribution in [-0.2, 0) is 24.5 Å². The van der Waals surface area contributed by atoms with Crippen molar-refractivity contribution < 1.29 is 29.3 Å². The molecule has 1 heterocycles. The number of ketones is 1. The number of esters is 1. The van der Waals surface area contributed by atoms with Gasteiger partial charge >= 0.3 is 5.97 Å². The van der Waals surface area contributed by atoms with Gasteiger partial charge in [0.2, 0.25) is 0 Å². The van der Waals surface area contributed by atoms with E-state index in [2.05, 4.69) is 0 Å². The van der Waals surface area contributed by atoms with Gasteiger partial charge in [-0.2, -0.15) is 0 Å². The average Bonchev–Trinajstić information content (AvgIpc) is 2.50. The molecule has 1 aromatic rings. The quantitative estimate of drug-likeness (QED) is 0.816. The number of carbonyl (C=O) groups is 2. The van der Waals surface area contributed by atoms with Gasteiger partial charge in [-0.3, -0.25) is 9.59 Å². The molecule has 2 N–H and O–H groups in total. The van der Waals surface area contributed by atoms with Gasteiger partial charge in [-0.05, 0) is 51.3 Å². The lowest BCUT2D eigenvalue weighted by Crippen LogP contribution is -2.54. The highest BCUT2D eigenvalue weighted by Crippen LogP contribution is 2.53. The highest BCUT2D eigenvalue weighted by Gasteiger charge is 2.53. The van der Waals surface area contributed by atoms with Gasteiger partial charge < -0.3 is 19.7 Å². The molecule has 1 aromatic carbocycles. The minimum Gasteiger partial charge on any atom is -0.507 e. The second-order valence-corrected chi connectivity index (χ2v) is 7.73. The molecule has 6 heteroatoms. The van der Waals surface area contributed by atoms with E-state index < -0.39 is 23.1 Å². The van der Waals surface area contributed by atoms with Crippen molar-refractivity contribution in [3.05, 3.63) is 23.3 Å². The Morgan fingerprint density at radius 3 is 2.36 bits per heavy atom. The van der Waals surface area contributed by atoms with Crippen molar-refractivity contribution in [2.75, 3.05) is 7.11 Å². The van der Waals surface area contributed by atoms with Crippen LogP contribution in [0.25, 0.3) is 0 Å².